The zero-order chi connectivity index (χ0) is 18.8. The van der Waals surface area contributed by atoms with E-state index >= 15 is 0 Å². The summed E-state index contributed by atoms with van der Waals surface area (Å²) in [6, 6.07) is 11.3. The third-order valence-electron chi connectivity index (χ3n) is 4.91. The lowest BCUT2D eigenvalue weighted by Crippen LogP contribution is -2.44. The highest BCUT2D eigenvalue weighted by Crippen LogP contribution is 2.22. The molecule has 1 aliphatic rings. The third kappa shape index (κ3) is 3.73. The van der Waals surface area contributed by atoms with Gasteiger partial charge in [0.05, 0.1) is 19.0 Å². The summed E-state index contributed by atoms with van der Waals surface area (Å²) < 4.78 is 5.22. The number of ether oxygens (including phenoxy) is 1. The summed E-state index contributed by atoms with van der Waals surface area (Å²) in [4.78, 5) is 24.7. The van der Waals surface area contributed by atoms with Gasteiger partial charge >= 0.3 is 0 Å². The summed E-state index contributed by atoms with van der Waals surface area (Å²) >= 11 is 0. The molecular formula is C20H23N5O2. The fourth-order valence-electron chi connectivity index (χ4n) is 3.24. The van der Waals surface area contributed by atoms with Crippen molar-refractivity contribution < 1.29 is 9.53 Å². The molecule has 4 rings (SSSR count). The Balaban J connectivity index is 1.45. The first-order chi connectivity index (χ1) is 13.1. The van der Waals surface area contributed by atoms with Gasteiger partial charge < -0.3 is 24.8 Å². The molecule has 0 spiro atoms. The first kappa shape index (κ1) is 17.4. The minimum Gasteiger partial charge on any atom is -0.497 e. The van der Waals surface area contributed by atoms with E-state index in [0.29, 0.717) is 11.4 Å². The fourth-order valence-corrected chi connectivity index (χ4v) is 3.24. The van der Waals surface area contributed by atoms with E-state index in [1.807, 2.05) is 36.4 Å². The van der Waals surface area contributed by atoms with Crippen molar-refractivity contribution in [2.75, 3.05) is 50.6 Å². The molecule has 140 valence electrons. The van der Waals surface area contributed by atoms with E-state index < -0.39 is 0 Å². The maximum Gasteiger partial charge on any atom is 0.272 e. The van der Waals surface area contributed by atoms with Gasteiger partial charge in [0, 0.05) is 43.1 Å². The Kier molecular flexibility index (Phi) is 4.68. The standard InChI is InChI=1S/C20H23N5O2/c1-24-7-9-25(10-8-24)19-6-4-15(13-21-19)22-20(26)18-11-14-3-5-16(27-2)12-17(14)23-18/h3-6,11-13,23H,7-10H2,1-2H3,(H,22,26). The summed E-state index contributed by atoms with van der Waals surface area (Å²) in [6.07, 6.45) is 1.71. The Labute approximate surface area is 157 Å². The van der Waals surface area contributed by atoms with Gasteiger partial charge in [0.1, 0.15) is 17.3 Å². The number of pyridine rings is 1. The predicted octanol–water partition coefficient (Wildman–Crippen LogP) is 2.58. The highest BCUT2D eigenvalue weighted by Gasteiger charge is 2.15. The summed E-state index contributed by atoms with van der Waals surface area (Å²) in [5.74, 6) is 1.50. The van der Waals surface area contributed by atoms with Gasteiger partial charge in [-0.15, -0.1) is 0 Å². The van der Waals surface area contributed by atoms with Crippen LogP contribution in [0.1, 0.15) is 10.5 Å². The molecule has 27 heavy (non-hydrogen) atoms. The van der Waals surface area contributed by atoms with Crippen molar-refractivity contribution in [1.29, 1.82) is 0 Å². The summed E-state index contributed by atoms with van der Waals surface area (Å²) in [5, 5.41) is 3.86. The van der Waals surface area contributed by atoms with Gasteiger partial charge in [-0.05, 0) is 37.4 Å². The molecule has 0 atom stereocenters. The molecule has 7 heteroatoms. The number of likely N-dealkylation sites (N-methyl/N-ethyl adjacent to an activating group) is 1. The zero-order valence-corrected chi connectivity index (χ0v) is 15.5. The van der Waals surface area contributed by atoms with Crippen LogP contribution < -0.4 is 15.0 Å². The molecular weight excluding hydrogens is 342 g/mol. The average Bonchev–Trinajstić information content (AvgIpc) is 3.12. The lowest BCUT2D eigenvalue weighted by atomic mass is 10.2. The van der Waals surface area contributed by atoms with Crippen molar-refractivity contribution in [2.45, 2.75) is 0 Å². The number of hydrogen-bond donors (Lipinski definition) is 2. The van der Waals surface area contributed by atoms with Crippen molar-refractivity contribution in [3.63, 3.8) is 0 Å². The maximum absolute atomic E-state index is 12.5. The average molecular weight is 365 g/mol. The molecule has 1 aromatic carbocycles. The monoisotopic (exact) mass is 365 g/mol. The Morgan fingerprint density at radius 1 is 1.15 bits per heavy atom. The van der Waals surface area contributed by atoms with E-state index in [1.54, 1.807) is 13.3 Å². The largest absolute Gasteiger partial charge is 0.497 e. The molecule has 2 aromatic heterocycles. The molecule has 1 saturated heterocycles. The van der Waals surface area contributed by atoms with Crippen LogP contribution in [0.2, 0.25) is 0 Å². The number of amides is 1. The van der Waals surface area contributed by atoms with Crippen LogP contribution in [0.4, 0.5) is 11.5 Å². The van der Waals surface area contributed by atoms with Gasteiger partial charge in [-0.25, -0.2) is 4.98 Å². The number of hydrogen-bond acceptors (Lipinski definition) is 5. The van der Waals surface area contributed by atoms with Crippen LogP contribution in [0.3, 0.4) is 0 Å². The van der Waals surface area contributed by atoms with Crippen LogP contribution in [-0.2, 0) is 0 Å². The molecule has 0 unspecified atom stereocenters. The first-order valence-corrected chi connectivity index (χ1v) is 9.00. The second kappa shape index (κ2) is 7.28. The number of fused-ring (bicyclic) bond motifs is 1. The van der Waals surface area contributed by atoms with Crippen LogP contribution in [0.25, 0.3) is 10.9 Å². The van der Waals surface area contributed by atoms with Crippen LogP contribution >= 0.6 is 0 Å². The number of aromatic nitrogens is 2. The smallest absolute Gasteiger partial charge is 0.272 e. The number of nitrogens with one attached hydrogen (secondary N) is 2. The van der Waals surface area contributed by atoms with Gasteiger partial charge in [-0.3, -0.25) is 4.79 Å². The number of anilines is 2. The quantitative estimate of drug-likeness (QED) is 0.743. The molecule has 0 saturated carbocycles. The topological polar surface area (TPSA) is 73.5 Å². The van der Waals surface area contributed by atoms with Gasteiger partial charge in [0.15, 0.2) is 0 Å². The van der Waals surface area contributed by atoms with E-state index in [2.05, 4.69) is 32.1 Å². The van der Waals surface area contributed by atoms with Crippen LogP contribution in [0.5, 0.6) is 5.75 Å². The normalized spacial score (nSPS) is 15.1. The van der Waals surface area contributed by atoms with Crippen molar-refractivity contribution in [3.05, 3.63) is 48.3 Å². The highest BCUT2D eigenvalue weighted by atomic mass is 16.5. The number of carbonyl (C=O) groups is 1. The number of benzene rings is 1. The fraction of sp³-hybridized carbons (Fsp3) is 0.300. The van der Waals surface area contributed by atoms with E-state index in [-0.39, 0.29) is 5.91 Å². The number of carbonyl (C=O) groups excluding carboxylic acids is 1. The number of piperazine rings is 1. The number of methoxy groups -OCH3 is 1. The molecule has 1 fully saturated rings. The number of aromatic amines is 1. The van der Waals surface area contributed by atoms with Gasteiger partial charge in [0.25, 0.3) is 5.91 Å². The lowest BCUT2D eigenvalue weighted by molar-refractivity contribution is 0.102. The van der Waals surface area contributed by atoms with Crippen LogP contribution in [0, 0.1) is 0 Å². The number of rotatable bonds is 4. The number of nitrogens with zero attached hydrogens (tertiary/aromatic N) is 3. The summed E-state index contributed by atoms with van der Waals surface area (Å²) in [6.45, 7) is 4.00. The van der Waals surface area contributed by atoms with E-state index in [4.69, 9.17) is 4.74 Å². The lowest BCUT2D eigenvalue weighted by Gasteiger charge is -2.33. The second-order valence-electron chi connectivity index (χ2n) is 6.79. The molecule has 7 nitrogen and oxygen atoms in total. The molecule has 1 amide bonds. The molecule has 0 bridgehead atoms. The molecule has 2 N–H and O–H groups in total. The zero-order valence-electron chi connectivity index (χ0n) is 15.5. The van der Waals surface area contributed by atoms with Crippen molar-refractivity contribution >= 4 is 28.3 Å². The first-order valence-electron chi connectivity index (χ1n) is 9.00. The Morgan fingerprint density at radius 2 is 1.96 bits per heavy atom. The molecule has 3 heterocycles. The van der Waals surface area contributed by atoms with E-state index in [0.717, 1.165) is 48.6 Å². The molecule has 0 aliphatic carbocycles. The van der Waals surface area contributed by atoms with Crippen molar-refractivity contribution in [2.24, 2.45) is 0 Å². The predicted molar refractivity (Wildman–Crippen MR) is 107 cm³/mol. The maximum atomic E-state index is 12.5. The Hall–Kier alpha value is -3.06. The third-order valence-corrected chi connectivity index (χ3v) is 4.91. The Bertz CT molecular complexity index is 943. The van der Waals surface area contributed by atoms with Crippen molar-refractivity contribution in [1.82, 2.24) is 14.9 Å². The van der Waals surface area contributed by atoms with Crippen LogP contribution in [0.15, 0.2) is 42.6 Å². The molecule has 1 aliphatic heterocycles. The highest BCUT2D eigenvalue weighted by molar-refractivity contribution is 6.06. The number of H-pyrrole nitrogens is 1. The summed E-state index contributed by atoms with van der Waals surface area (Å²) in [7, 11) is 3.75. The molecule has 0 radical (unpaired) electrons. The van der Waals surface area contributed by atoms with Gasteiger partial charge in [-0.1, -0.05) is 0 Å². The van der Waals surface area contributed by atoms with E-state index in [9.17, 15) is 4.79 Å². The van der Waals surface area contributed by atoms with Gasteiger partial charge in [0.2, 0.25) is 0 Å². The Morgan fingerprint density at radius 3 is 2.67 bits per heavy atom. The minimum atomic E-state index is -0.195. The SMILES string of the molecule is COc1ccc2cc(C(=O)Nc3ccc(N4CCN(C)CC4)nc3)[nH]c2c1. The van der Waals surface area contributed by atoms with Crippen molar-refractivity contribution in [3.8, 4) is 5.75 Å². The van der Waals surface area contributed by atoms with E-state index in [1.165, 1.54) is 0 Å². The van der Waals surface area contributed by atoms with Gasteiger partial charge in [-0.2, -0.15) is 0 Å². The molecule has 3 aromatic rings. The second-order valence-corrected chi connectivity index (χ2v) is 6.79. The van der Waals surface area contributed by atoms with Crippen LogP contribution in [-0.4, -0.2) is 61.1 Å². The minimum absolute atomic E-state index is 0.195. The summed E-state index contributed by atoms with van der Waals surface area (Å²) in [5.41, 5.74) is 2.04.